The number of halogens is 1. The van der Waals surface area contributed by atoms with Crippen LogP contribution in [0.25, 0.3) is 0 Å². The molecule has 1 atom stereocenters. The molecule has 0 aromatic carbocycles. The van der Waals surface area contributed by atoms with Crippen LogP contribution in [0.1, 0.15) is 26.7 Å². The van der Waals surface area contributed by atoms with Crippen molar-refractivity contribution < 1.29 is 4.74 Å². The molecule has 0 amide bonds. The third kappa shape index (κ3) is 3.79. The van der Waals surface area contributed by atoms with Gasteiger partial charge in [-0.3, -0.25) is 0 Å². The van der Waals surface area contributed by atoms with Gasteiger partial charge in [-0.1, -0.05) is 0 Å². The summed E-state index contributed by atoms with van der Waals surface area (Å²) in [6.07, 6.45) is 3.80. The van der Waals surface area contributed by atoms with E-state index in [1.54, 1.807) is 6.33 Å². The summed E-state index contributed by atoms with van der Waals surface area (Å²) in [5.41, 5.74) is 0. The van der Waals surface area contributed by atoms with Gasteiger partial charge < -0.3 is 15.4 Å². The van der Waals surface area contributed by atoms with Gasteiger partial charge in [-0.15, -0.1) is 0 Å². The van der Waals surface area contributed by atoms with Crippen LogP contribution in [-0.4, -0.2) is 35.8 Å². The average Bonchev–Trinajstić information content (AvgIpc) is 2.44. The lowest BCUT2D eigenvalue weighted by atomic mass is 9.93. The Morgan fingerprint density at radius 3 is 2.74 bits per heavy atom. The Balaban J connectivity index is 2.03. The van der Waals surface area contributed by atoms with E-state index >= 15 is 0 Å². The molecule has 19 heavy (non-hydrogen) atoms. The molecule has 6 heteroatoms. The lowest BCUT2D eigenvalue weighted by Crippen LogP contribution is -2.31. The number of rotatable bonds is 5. The zero-order valence-corrected chi connectivity index (χ0v) is 13.0. The summed E-state index contributed by atoms with van der Waals surface area (Å²) >= 11 is 3.56. The second kappa shape index (κ2) is 7.05. The van der Waals surface area contributed by atoms with Gasteiger partial charge in [-0.05, 0) is 48.5 Å². The van der Waals surface area contributed by atoms with E-state index in [4.69, 9.17) is 4.74 Å². The van der Waals surface area contributed by atoms with Crippen LogP contribution in [0.3, 0.4) is 0 Å². The van der Waals surface area contributed by atoms with E-state index in [9.17, 15) is 0 Å². The average molecular weight is 329 g/mol. The number of anilines is 2. The molecule has 2 N–H and O–H groups in total. The minimum atomic E-state index is 0.379. The molecule has 1 aromatic rings. The van der Waals surface area contributed by atoms with E-state index in [0.29, 0.717) is 12.0 Å². The van der Waals surface area contributed by atoms with Crippen LogP contribution in [0, 0.1) is 5.92 Å². The molecule has 2 heterocycles. The Kier molecular flexibility index (Phi) is 5.39. The first-order valence-corrected chi connectivity index (χ1v) is 7.60. The minimum absolute atomic E-state index is 0.379. The topological polar surface area (TPSA) is 59.1 Å². The van der Waals surface area contributed by atoms with Gasteiger partial charge in [0.15, 0.2) is 0 Å². The summed E-state index contributed by atoms with van der Waals surface area (Å²) < 4.78 is 6.30. The molecular weight excluding hydrogens is 308 g/mol. The largest absolute Gasteiger partial charge is 0.381 e. The molecule has 2 rings (SSSR count). The van der Waals surface area contributed by atoms with E-state index in [1.165, 1.54) is 0 Å². The van der Waals surface area contributed by atoms with Crippen molar-refractivity contribution in [3.05, 3.63) is 10.8 Å². The van der Waals surface area contributed by atoms with Crippen LogP contribution in [0.2, 0.25) is 0 Å². The molecule has 1 fully saturated rings. The molecule has 0 radical (unpaired) electrons. The molecule has 1 aromatic heterocycles. The highest BCUT2D eigenvalue weighted by atomic mass is 79.9. The number of nitrogens with zero attached hydrogens (tertiary/aromatic N) is 2. The molecule has 1 saturated heterocycles. The number of ether oxygens (including phenoxy) is 1. The Morgan fingerprint density at radius 2 is 2.05 bits per heavy atom. The summed E-state index contributed by atoms with van der Waals surface area (Å²) in [7, 11) is 0. The second-order valence-electron chi connectivity index (χ2n) is 4.80. The first-order valence-electron chi connectivity index (χ1n) is 6.81. The fourth-order valence-corrected chi connectivity index (χ4v) is 2.77. The third-order valence-corrected chi connectivity index (χ3v) is 4.22. The fourth-order valence-electron chi connectivity index (χ4n) is 2.31. The van der Waals surface area contributed by atoms with Gasteiger partial charge in [0.05, 0.1) is 0 Å². The molecule has 106 valence electrons. The first kappa shape index (κ1) is 14.5. The van der Waals surface area contributed by atoms with Gasteiger partial charge in [-0.25, -0.2) is 9.97 Å². The molecule has 1 aliphatic heterocycles. The van der Waals surface area contributed by atoms with E-state index in [-0.39, 0.29) is 0 Å². The Labute approximate surface area is 122 Å². The van der Waals surface area contributed by atoms with Crippen molar-refractivity contribution in [2.24, 2.45) is 5.92 Å². The summed E-state index contributed by atoms with van der Waals surface area (Å²) in [6, 6.07) is 0.379. The van der Waals surface area contributed by atoms with E-state index < -0.39 is 0 Å². The lowest BCUT2D eigenvalue weighted by molar-refractivity contribution is 0.0622. The van der Waals surface area contributed by atoms with Crippen LogP contribution in [0.15, 0.2) is 10.8 Å². The highest BCUT2D eigenvalue weighted by Gasteiger charge is 2.21. The fraction of sp³-hybridized carbons (Fsp3) is 0.692. The number of hydrogen-bond acceptors (Lipinski definition) is 5. The van der Waals surface area contributed by atoms with Crippen molar-refractivity contribution in [3.63, 3.8) is 0 Å². The van der Waals surface area contributed by atoms with Crippen LogP contribution in [-0.2, 0) is 4.74 Å². The predicted molar refractivity (Wildman–Crippen MR) is 80.5 cm³/mol. The van der Waals surface area contributed by atoms with Crippen LogP contribution >= 0.6 is 15.9 Å². The lowest BCUT2D eigenvalue weighted by Gasteiger charge is -2.29. The van der Waals surface area contributed by atoms with Gasteiger partial charge in [0.2, 0.25) is 0 Å². The molecule has 1 unspecified atom stereocenters. The number of aromatic nitrogens is 2. The van der Waals surface area contributed by atoms with Crippen molar-refractivity contribution in [3.8, 4) is 0 Å². The standard InChI is InChI=1S/C13H21BrN4O/c1-3-15-12-11(14)13(17-8-16-12)18-9(2)10-4-6-19-7-5-10/h8-10H,3-7H2,1-2H3,(H2,15,16,17,18). The zero-order chi connectivity index (χ0) is 13.7. The molecule has 0 saturated carbocycles. The second-order valence-corrected chi connectivity index (χ2v) is 5.59. The maximum atomic E-state index is 5.40. The maximum absolute atomic E-state index is 5.40. The van der Waals surface area contributed by atoms with Crippen LogP contribution < -0.4 is 10.6 Å². The maximum Gasteiger partial charge on any atom is 0.146 e. The van der Waals surface area contributed by atoms with Gasteiger partial charge in [0, 0.05) is 25.8 Å². The smallest absolute Gasteiger partial charge is 0.146 e. The van der Waals surface area contributed by atoms with Crippen LogP contribution in [0.5, 0.6) is 0 Å². The predicted octanol–water partition coefficient (Wildman–Crippen LogP) is 2.90. The van der Waals surface area contributed by atoms with Gasteiger partial charge in [-0.2, -0.15) is 0 Å². The van der Waals surface area contributed by atoms with E-state index in [1.807, 2.05) is 6.92 Å². The van der Waals surface area contributed by atoms with Crippen molar-refractivity contribution in [2.75, 3.05) is 30.4 Å². The SMILES string of the molecule is CCNc1ncnc(NC(C)C2CCOCC2)c1Br. The van der Waals surface area contributed by atoms with Crippen molar-refractivity contribution in [2.45, 2.75) is 32.7 Å². The Bertz CT molecular complexity index is 410. The van der Waals surface area contributed by atoms with E-state index in [0.717, 1.165) is 48.7 Å². The zero-order valence-electron chi connectivity index (χ0n) is 11.4. The number of nitrogens with one attached hydrogen (secondary N) is 2. The van der Waals surface area contributed by atoms with E-state index in [2.05, 4.69) is 43.5 Å². The van der Waals surface area contributed by atoms with Gasteiger partial charge in [0.1, 0.15) is 22.4 Å². The molecule has 0 spiro atoms. The normalized spacial score (nSPS) is 18.1. The van der Waals surface area contributed by atoms with Crippen molar-refractivity contribution >= 4 is 27.6 Å². The third-order valence-electron chi connectivity index (χ3n) is 3.47. The Hall–Kier alpha value is -0.880. The molecule has 5 nitrogen and oxygen atoms in total. The van der Waals surface area contributed by atoms with Crippen molar-refractivity contribution in [1.82, 2.24) is 9.97 Å². The molecule has 0 aliphatic carbocycles. The molecule has 0 bridgehead atoms. The highest BCUT2D eigenvalue weighted by Crippen LogP contribution is 2.29. The summed E-state index contributed by atoms with van der Waals surface area (Å²) in [6.45, 7) is 6.82. The Morgan fingerprint density at radius 1 is 1.37 bits per heavy atom. The minimum Gasteiger partial charge on any atom is -0.381 e. The summed E-state index contributed by atoms with van der Waals surface area (Å²) in [4.78, 5) is 8.54. The quantitative estimate of drug-likeness (QED) is 0.870. The summed E-state index contributed by atoms with van der Waals surface area (Å²) in [5, 5.41) is 6.70. The monoisotopic (exact) mass is 328 g/mol. The van der Waals surface area contributed by atoms with Crippen LogP contribution in [0.4, 0.5) is 11.6 Å². The number of hydrogen-bond donors (Lipinski definition) is 2. The highest BCUT2D eigenvalue weighted by molar-refractivity contribution is 9.10. The molecule has 1 aliphatic rings. The molecular formula is C13H21BrN4O. The first-order chi connectivity index (χ1) is 9.22. The van der Waals surface area contributed by atoms with Crippen molar-refractivity contribution in [1.29, 1.82) is 0 Å². The van der Waals surface area contributed by atoms with Gasteiger partial charge >= 0.3 is 0 Å². The summed E-state index contributed by atoms with van der Waals surface area (Å²) in [5.74, 6) is 2.32. The van der Waals surface area contributed by atoms with Gasteiger partial charge in [0.25, 0.3) is 0 Å².